The van der Waals surface area contributed by atoms with Crippen molar-refractivity contribution in [1.29, 1.82) is 0 Å². The number of rotatable bonds is 10. The van der Waals surface area contributed by atoms with E-state index in [2.05, 4.69) is 29.4 Å². The summed E-state index contributed by atoms with van der Waals surface area (Å²) < 4.78 is 0. The fourth-order valence-electron chi connectivity index (χ4n) is 3.01. The van der Waals surface area contributed by atoms with Crippen molar-refractivity contribution in [3.63, 3.8) is 0 Å². The first-order valence-electron chi connectivity index (χ1n) is 8.69. The standard InChI is InChI=1S/C19H27N3O2/c1-14-15(16-8-6-7-9-17(16)22-14)12-13-21-19(24)11-5-3-2-4-10-18(20)23/h6-9,22H,2-5,10-13H2,1H3,(H2,20,23)(H,21,24). The van der Waals surface area contributed by atoms with E-state index in [0.29, 0.717) is 19.4 Å². The number of benzene rings is 1. The first-order chi connectivity index (χ1) is 11.6. The van der Waals surface area contributed by atoms with E-state index in [1.54, 1.807) is 0 Å². The van der Waals surface area contributed by atoms with Crippen LogP contribution < -0.4 is 11.1 Å². The normalized spacial score (nSPS) is 10.9. The highest BCUT2D eigenvalue weighted by molar-refractivity contribution is 5.84. The number of hydrogen-bond donors (Lipinski definition) is 3. The van der Waals surface area contributed by atoms with Gasteiger partial charge in [-0.2, -0.15) is 0 Å². The number of aryl methyl sites for hydroxylation is 1. The summed E-state index contributed by atoms with van der Waals surface area (Å²) in [6.07, 6.45) is 5.40. The molecule has 0 bridgehead atoms. The number of fused-ring (bicyclic) bond motifs is 1. The third-order valence-corrected chi connectivity index (χ3v) is 4.30. The SMILES string of the molecule is Cc1[nH]c2ccccc2c1CCNC(=O)CCCCCCC(N)=O. The molecule has 0 radical (unpaired) electrons. The van der Waals surface area contributed by atoms with Crippen molar-refractivity contribution in [2.24, 2.45) is 5.73 Å². The van der Waals surface area contributed by atoms with Crippen molar-refractivity contribution in [3.8, 4) is 0 Å². The number of nitrogens with one attached hydrogen (secondary N) is 2. The van der Waals surface area contributed by atoms with Crippen LogP contribution in [0.4, 0.5) is 0 Å². The van der Waals surface area contributed by atoms with Crippen LogP contribution in [0.1, 0.15) is 49.8 Å². The van der Waals surface area contributed by atoms with Crippen LogP contribution >= 0.6 is 0 Å². The lowest BCUT2D eigenvalue weighted by Gasteiger charge is -2.06. The number of primary amides is 1. The second-order valence-electron chi connectivity index (χ2n) is 6.25. The van der Waals surface area contributed by atoms with Gasteiger partial charge in [0.2, 0.25) is 11.8 Å². The fourth-order valence-corrected chi connectivity index (χ4v) is 3.01. The predicted octanol–water partition coefficient (Wildman–Crippen LogP) is 2.96. The summed E-state index contributed by atoms with van der Waals surface area (Å²) in [5.41, 5.74) is 8.68. The van der Waals surface area contributed by atoms with Crippen LogP contribution in [-0.2, 0) is 16.0 Å². The lowest BCUT2D eigenvalue weighted by molar-refractivity contribution is -0.121. The molecule has 0 atom stereocenters. The van der Waals surface area contributed by atoms with Gasteiger partial charge in [-0.25, -0.2) is 0 Å². The Labute approximate surface area is 143 Å². The summed E-state index contributed by atoms with van der Waals surface area (Å²) in [6, 6.07) is 8.24. The van der Waals surface area contributed by atoms with Crippen molar-refractivity contribution >= 4 is 22.7 Å². The lowest BCUT2D eigenvalue weighted by atomic mass is 10.1. The molecule has 5 heteroatoms. The van der Waals surface area contributed by atoms with Gasteiger partial charge in [0.25, 0.3) is 0 Å². The molecule has 0 aliphatic rings. The first-order valence-corrected chi connectivity index (χ1v) is 8.69. The van der Waals surface area contributed by atoms with Crippen LogP contribution in [0.15, 0.2) is 24.3 Å². The molecule has 130 valence electrons. The third kappa shape index (κ3) is 5.41. The van der Waals surface area contributed by atoms with Gasteiger partial charge in [-0.15, -0.1) is 0 Å². The number of aromatic nitrogens is 1. The van der Waals surface area contributed by atoms with Gasteiger partial charge in [-0.3, -0.25) is 9.59 Å². The molecule has 4 N–H and O–H groups in total. The zero-order chi connectivity index (χ0) is 17.4. The minimum absolute atomic E-state index is 0.0994. The highest BCUT2D eigenvalue weighted by Gasteiger charge is 2.08. The summed E-state index contributed by atoms with van der Waals surface area (Å²) >= 11 is 0. The lowest BCUT2D eigenvalue weighted by Crippen LogP contribution is -2.25. The van der Waals surface area contributed by atoms with Gasteiger partial charge in [0.15, 0.2) is 0 Å². The quantitative estimate of drug-likeness (QED) is 0.585. The maximum Gasteiger partial charge on any atom is 0.220 e. The van der Waals surface area contributed by atoms with Crippen LogP contribution in [0, 0.1) is 6.92 Å². The highest BCUT2D eigenvalue weighted by Crippen LogP contribution is 2.21. The van der Waals surface area contributed by atoms with Gasteiger partial charge >= 0.3 is 0 Å². The second kappa shape index (κ2) is 9.11. The van der Waals surface area contributed by atoms with Crippen LogP contribution in [0.25, 0.3) is 10.9 Å². The molecule has 2 rings (SSSR count). The Morgan fingerprint density at radius 1 is 1.08 bits per heavy atom. The Balaban J connectivity index is 1.65. The first kappa shape index (κ1) is 18.0. The van der Waals surface area contributed by atoms with Gasteiger partial charge in [0.1, 0.15) is 0 Å². The average molecular weight is 329 g/mol. The van der Waals surface area contributed by atoms with Gasteiger partial charge < -0.3 is 16.0 Å². The Morgan fingerprint density at radius 3 is 2.54 bits per heavy atom. The van der Waals surface area contributed by atoms with E-state index in [1.807, 2.05) is 12.1 Å². The van der Waals surface area contributed by atoms with Gasteiger partial charge in [0, 0.05) is 36.0 Å². The van der Waals surface area contributed by atoms with Crippen molar-refractivity contribution in [1.82, 2.24) is 10.3 Å². The molecule has 0 fully saturated rings. The summed E-state index contributed by atoms with van der Waals surface area (Å²) in [5, 5.41) is 4.23. The fraction of sp³-hybridized carbons (Fsp3) is 0.474. The maximum atomic E-state index is 11.9. The van der Waals surface area contributed by atoms with E-state index in [4.69, 9.17) is 5.73 Å². The van der Waals surface area contributed by atoms with E-state index in [1.165, 1.54) is 16.6 Å². The molecule has 1 aromatic carbocycles. The Hall–Kier alpha value is -2.30. The Kier molecular flexibility index (Phi) is 6.85. The van der Waals surface area contributed by atoms with E-state index in [0.717, 1.165) is 37.6 Å². The molecule has 5 nitrogen and oxygen atoms in total. The van der Waals surface area contributed by atoms with Gasteiger partial charge in [-0.05, 0) is 37.8 Å². The molecule has 0 aliphatic heterocycles. The number of unbranched alkanes of at least 4 members (excludes halogenated alkanes) is 3. The van der Waals surface area contributed by atoms with Crippen LogP contribution in [-0.4, -0.2) is 23.3 Å². The molecule has 24 heavy (non-hydrogen) atoms. The number of para-hydroxylation sites is 1. The number of aromatic amines is 1. The third-order valence-electron chi connectivity index (χ3n) is 4.30. The zero-order valence-electron chi connectivity index (χ0n) is 14.4. The van der Waals surface area contributed by atoms with Crippen LogP contribution in [0.3, 0.4) is 0 Å². The zero-order valence-corrected chi connectivity index (χ0v) is 14.4. The Bertz CT molecular complexity index is 691. The Morgan fingerprint density at radius 2 is 1.79 bits per heavy atom. The summed E-state index contributed by atoms with van der Waals surface area (Å²) in [4.78, 5) is 25.9. The minimum Gasteiger partial charge on any atom is -0.370 e. The van der Waals surface area contributed by atoms with E-state index in [-0.39, 0.29) is 11.8 Å². The maximum absolute atomic E-state index is 11.9. The topological polar surface area (TPSA) is 88.0 Å². The number of carbonyl (C=O) groups is 2. The molecule has 1 heterocycles. The molecule has 0 unspecified atom stereocenters. The monoisotopic (exact) mass is 329 g/mol. The number of nitrogens with two attached hydrogens (primary N) is 1. The van der Waals surface area contributed by atoms with Gasteiger partial charge in [-0.1, -0.05) is 31.0 Å². The molecule has 0 aliphatic carbocycles. The van der Waals surface area contributed by atoms with E-state index >= 15 is 0 Å². The second-order valence-corrected chi connectivity index (χ2v) is 6.25. The van der Waals surface area contributed by atoms with Crippen molar-refractivity contribution in [2.45, 2.75) is 51.9 Å². The number of H-pyrrole nitrogens is 1. The van der Waals surface area contributed by atoms with Gasteiger partial charge in [0.05, 0.1) is 0 Å². The summed E-state index contributed by atoms with van der Waals surface area (Å²) in [6.45, 7) is 2.73. The number of carbonyl (C=O) groups excluding carboxylic acids is 2. The van der Waals surface area contributed by atoms with Crippen molar-refractivity contribution < 1.29 is 9.59 Å². The molecule has 2 amide bonds. The minimum atomic E-state index is -0.250. The van der Waals surface area contributed by atoms with E-state index in [9.17, 15) is 9.59 Å². The smallest absolute Gasteiger partial charge is 0.220 e. The largest absolute Gasteiger partial charge is 0.370 e. The van der Waals surface area contributed by atoms with E-state index < -0.39 is 0 Å². The number of hydrogen-bond acceptors (Lipinski definition) is 2. The molecule has 0 saturated heterocycles. The average Bonchev–Trinajstić information content (AvgIpc) is 2.86. The molecule has 1 aromatic heterocycles. The highest BCUT2D eigenvalue weighted by atomic mass is 16.1. The van der Waals surface area contributed by atoms with Crippen molar-refractivity contribution in [3.05, 3.63) is 35.5 Å². The van der Waals surface area contributed by atoms with Crippen molar-refractivity contribution in [2.75, 3.05) is 6.54 Å². The summed E-state index contributed by atoms with van der Waals surface area (Å²) in [7, 11) is 0. The predicted molar refractivity (Wildman–Crippen MR) is 96.6 cm³/mol. The van der Waals surface area contributed by atoms with Crippen LogP contribution in [0.5, 0.6) is 0 Å². The molecule has 0 spiro atoms. The molecule has 2 aromatic rings. The molecular weight excluding hydrogens is 302 g/mol. The number of amides is 2. The molecular formula is C19H27N3O2. The van der Waals surface area contributed by atoms with Crippen LogP contribution in [0.2, 0.25) is 0 Å². The molecule has 0 saturated carbocycles. The summed E-state index contributed by atoms with van der Waals surface area (Å²) in [5.74, 6) is -0.150.